The Morgan fingerprint density at radius 2 is 1.86 bits per heavy atom. The van der Waals surface area contributed by atoms with E-state index in [9.17, 15) is 0 Å². The van der Waals surface area contributed by atoms with Crippen molar-refractivity contribution < 1.29 is 4.74 Å². The second kappa shape index (κ2) is 6.59. The number of rotatable bonds is 5. The standard InChI is InChI=1S/C19H21NO/c1-2-16-12-20-13-19(16)17-9-6-10-18(11-17)21-14-15-7-4-3-5-8-15/h3-11,20H,2,12-14H2,1H3. The van der Waals surface area contributed by atoms with Crippen molar-refractivity contribution in [2.45, 2.75) is 20.0 Å². The smallest absolute Gasteiger partial charge is 0.120 e. The van der Waals surface area contributed by atoms with Crippen molar-refractivity contribution in [1.29, 1.82) is 0 Å². The van der Waals surface area contributed by atoms with Gasteiger partial charge in [0.25, 0.3) is 0 Å². The highest BCUT2D eigenvalue weighted by atomic mass is 16.5. The first-order valence-electron chi connectivity index (χ1n) is 7.55. The van der Waals surface area contributed by atoms with Crippen molar-refractivity contribution in [3.05, 3.63) is 71.3 Å². The molecule has 0 unspecified atom stereocenters. The molecule has 0 fully saturated rings. The maximum absolute atomic E-state index is 5.92. The molecule has 3 rings (SSSR count). The van der Waals surface area contributed by atoms with Crippen molar-refractivity contribution in [3.63, 3.8) is 0 Å². The summed E-state index contributed by atoms with van der Waals surface area (Å²) in [6, 6.07) is 18.7. The lowest BCUT2D eigenvalue weighted by Gasteiger charge is -2.10. The van der Waals surface area contributed by atoms with Gasteiger partial charge in [-0.05, 0) is 35.3 Å². The molecular formula is C19H21NO. The minimum atomic E-state index is 0.613. The molecule has 0 saturated carbocycles. The fourth-order valence-electron chi connectivity index (χ4n) is 2.73. The molecule has 0 atom stereocenters. The van der Waals surface area contributed by atoms with E-state index in [0.29, 0.717) is 6.61 Å². The summed E-state index contributed by atoms with van der Waals surface area (Å²) in [6.45, 7) is 4.81. The Morgan fingerprint density at radius 3 is 2.67 bits per heavy atom. The molecule has 2 nitrogen and oxygen atoms in total. The molecule has 0 radical (unpaired) electrons. The monoisotopic (exact) mass is 279 g/mol. The van der Waals surface area contributed by atoms with Crippen LogP contribution >= 0.6 is 0 Å². The zero-order valence-electron chi connectivity index (χ0n) is 12.4. The van der Waals surface area contributed by atoms with Gasteiger partial charge >= 0.3 is 0 Å². The van der Waals surface area contributed by atoms with Crippen LogP contribution in [0, 0.1) is 0 Å². The summed E-state index contributed by atoms with van der Waals surface area (Å²) >= 11 is 0. The van der Waals surface area contributed by atoms with Crippen LogP contribution in [-0.2, 0) is 6.61 Å². The van der Waals surface area contributed by atoms with E-state index in [-0.39, 0.29) is 0 Å². The lowest BCUT2D eigenvalue weighted by molar-refractivity contribution is 0.306. The molecule has 0 aliphatic carbocycles. The van der Waals surface area contributed by atoms with Crippen molar-refractivity contribution in [1.82, 2.24) is 5.32 Å². The Labute approximate surface area is 126 Å². The van der Waals surface area contributed by atoms with E-state index >= 15 is 0 Å². The first kappa shape index (κ1) is 13.9. The molecule has 2 heteroatoms. The highest BCUT2D eigenvalue weighted by Crippen LogP contribution is 2.26. The van der Waals surface area contributed by atoms with Crippen LogP contribution in [-0.4, -0.2) is 13.1 Å². The molecule has 1 heterocycles. The van der Waals surface area contributed by atoms with Gasteiger partial charge in [0.2, 0.25) is 0 Å². The van der Waals surface area contributed by atoms with Gasteiger partial charge in [-0.3, -0.25) is 0 Å². The Balaban J connectivity index is 1.75. The minimum absolute atomic E-state index is 0.613. The van der Waals surface area contributed by atoms with Crippen LogP contribution in [0.4, 0.5) is 0 Å². The van der Waals surface area contributed by atoms with Crippen LogP contribution in [0.2, 0.25) is 0 Å². The Morgan fingerprint density at radius 1 is 1.00 bits per heavy atom. The van der Waals surface area contributed by atoms with E-state index < -0.39 is 0 Å². The predicted molar refractivity (Wildman–Crippen MR) is 87.3 cm³/mol. The van der Waals surface area contributed by atoms with E-state index in [1.807, 2.05) is 24.3 Å². The van der Waals surface area contributed by atoms with Crippen LogP contribution in [0.1, 0.15) is 24.5 Å². The molecule has 1 N–H and O–H groups in total. The summed E-state index contributed by atoms with van der Waals surface area (Å²) in [5, 5.41) is 3.43. The molecular weight excluding hydrogens is 258 g/mol. The zero-order valence-corrected chi connectivity index (χ0v) is 12.4. The third kappa shape index (κ3) is 3.34. The molecule has 0 aromatic heterocycles. The van der Waals surface area contributed by atoms with Crippen LogP contribution in [0.3, 0.4) is 0 Å². The van der Waals surface area contributed by atoms with Crippen LogP contribution in [0.15, 0.2) is 60.2 Å². The number of nitrogens with one attached hydrogen (secondary N) is 1. The van der Waals surface area contributed by atoms with Gasteiger partial charge in [0.05, 0.1) is 0 Å². The molecule has 1 aliphatic rings. The van der Waals surface area contributed by atoms with Crippen molar-refractivity contribution in [2.24, 2.45) is 0 Å². The molecule has 2 aromatic rings. The van der Waals surface area contributed by atoms with Gasteiger partial charge in [0.1, 0.15) is 12.4 Å². The first-order valence-corrected chi connectivity index (χ1v) is 7.55. The molecule has 0 amide bonds. The minimum Gasteiger partial charge on any atom is -0.489 e. The quantitative estimate of drug-likeness (QED) is 0.892. The largest absolute Gasteiger partial charge is 0.489 e. The van der Waals surface area contributed by atoms with Gasteiger partial charge in [0.15, 0.2) is 0 Å². The summed E-state index contributed by atoms with van der Waals surface area (Å²) in [5.74, 6) is 0.936. The van der Waals surface area contributed by atoms with E-state index in [1.165, 1.54) is 22.3 Å². The van der Waals surface area contributed by atoms with Gasteiger partial charge in [0, 0.05) is 13.1 Å². The van der Waals surface area contributed by atoms with Crippen LogP contribution in [0.25, 0.3) is 5.57 Å². The molecule has 0 saturated heterocycles. The third-order valence-electron chi connectivity index (χ3n) is 3.92. The van der Waals surface area contributed by atoms with E-state index in [0.717, 1.165) is 25.3 Å². The van der Waals surface area contributed by atoms with E-state index in [2.05, 4.69) is 42.6 Å². The fourth-order valence-corrected chi connectivity index (χ4v) is 2.73. The SMILES string of the molecule is CCC1=C(c2cccc(OCc3ccccc3)c2)CNC1. The van der Waals surface area contributed by atoms with Gasteiger partial charge in [-0.25, -0.2) is 0 Å². The summed E-state index contributed by atoms with van der Waals surface area (Å²) in [4.78, 5) is 0. The summed E-state index contributed by atoms with van der Waals surface area (Å²) in [6.07, 6.45) is 1.11. The normalized spacial score (nSPS) is 14.5. The molecule has 1 aliphatic heterocycles. The van der Waals surface area contributed by atoms with Gasteiger partial charge in [-0.1, -0.05) is 55.0 Å². The second-order valence-electron chi connectivity index (χ2n) is 5.34. The van der Waals surface area contributed by atoms with Crippen LogP contribution < -0.4 is 10.1 Å². The average Bonchev–Trinajstić information content (AvgIpc) is 3.03. The molecule has 21 heavy (non-hydrogen) atoms. The number of hydrogen-bond donors (Lipinski definition) is 1. The summed E-state index contributed by atoms with van der Waals surface area (Å²) in [5.41, 5.74) is 5.42. The average molecular weight is 279 g/mol. The molecule has 0 spiro atoms. The van der Waals surface area contributed by atoms with Gasteiger partial charge in [-0.2, -0.15) is 0 Å². The third-order valence-corrected chi connectivity index (χ3v) is 3.92. The Bertz CT molecular complexity index is 631. The molecule has 2 aromatic carbocycles. The van der Waals surface area contributed by atoms with Crippen molar-refractivity contribution in [3.8, 4) is 5.75 Å². The number of hydrogen-bond acceptors (Lipinski definition) is 2. The second-order valence-corrected chi connectivity index (χ2v) is 5.34. The van der Waals surface area contributed by atoms with E-state index in [1.54, 1.807) is 0 Å². The lowest BCUT2D eigenvalue weighted by Crippen LogP contribution is -2.08. The molecule has 108 valence electrons. The summed E-state index contributed by atoms with van der Waals surface area (Å²) in [7, 11) is 0. The topological polar surface area (TPSA) is 21.3 Å². The van der Waals surface area contributed by atoms with Crippen LogP contribution in [0.5, 0.6) is 5.75 Å². The number of ether oxygens (including phenoxy) is 1. The highest BCUT2D eigenvalue weighted by molar-refractivity contribution is 5.73. The summed E-state index contributed by atoms with van der Waals surface area (Å²) < 4.78 is 5.92. The van der Waals surface area contributed by atoms with Crippen molar-refractivity contribution >= 4 is 5.57 Å². The number of benzene rings is 2. The predicted octanol–water partition coefficient (Wildman–Crippen LogP) is 4.03. The maximum atomic E-state index is 5.92. The van der Waals surface area contributed by atoms with Gasteiger partial charge in [-0.15, -0.1) is 0 Å². The van der Waals surface area contributed by atoms with Crippen molar-refractivity contribution in [2.75, 3.05) is 13.1 Å². The fraction of sp³-hybridized carbons (Fsp3) is 0.263. The Kier molecular flexibility index (Phi) is 4.37. The highest BCUT2D eigenvalue weighted by Gasteiger charge is 2.14. The maximum Gasteiger partial charge on any atom is 0.120 e. The zero-order chi connectivity index (χ0) is 14.5. The molecule has 0 bridgehead atoms. The van der Waals surface area contributed by atoms with Gasteiger partial charge < -0.3 is 10.1 Å². The van der Waals surface area contributed by atoms with E-state index in [4.69, 9.17) is 4.74 Å². The lowest BCUT2D eigenvalue weighted by atomic mass is 10.0. The Hall–Kier alpha value is -2.06. The first-order chi connectivity index (χ1) is 10.4.